The van der Waals surface area contributed by atoms with Crippen molar-refractivity contribution in [3.63, 3.8) is 0 Å². The lowest BCUT2D eigenvalue weighted by Gasteiger charge is -2.14. The van der Waals surface area contributed by atoms with Gasteiger partial charge in [0, 0.05) is 20.1 Å². The Hall–Kier alpha value is -2.77. The average Bonchev–Trinajstić information content (AvgIpc) is 2.97. The van der Waals surface area contributed by atoms with Crippen molar-refractivity contribution in [3.8, 4) is 5.75 Å². The number of hydrogen-bond donors (Lipinski definition) is 1. The third-order valence-corrected chi connectivity index (χ3v) is 4.21. The minimum absolute atomic E-state index is 0.0907. The number of carbonyl (C=O) groups is 1. The van der Waals surface area contributed by atoms with E-state index in [1.165, 1.54) is 4.57 Å². The zero-order valence-electron chi connectivity index (χ0n) is 14.7. The Morgan fingerprint density at radius 2 is 2.00 bits per heavy atom. The van der Waals surface area contributed by atoms with Gasteiger partial charge in [0.25, 0.3) is 0 Å². The van der Waals surface area contributed by atoms with E-state index in [4.69, 9.17) is 25.5 Å². The van der Waals surface area contributed by atoms with E-state index in [-0.39, 0.29) is 18.9 Å². The summed E-state index contributed by atoms with van der Waals surface area (Å²) in [5, 5.41) is 3.16. The van der Waals surface area contributed by atoms with Crippen LogP contribution in [0.5, 0.6) is 5.75 Å². The highest BCUT2D eigenvalue weighted by Crippen LogP contribution is 2.33. The molecule has 0 aliphatic heterocycles. The molecular formula is C19H19ClN2O5. The van der Waals surface area contributed by atoms with Crippen LogP contribution in [0.25, 0.3) is 11.1 Å². The Morgan fingerprint density at radius 3 is 2.81 bits per heavy atom. The first-order chi connectivity index (χ1) is 13.1. The number of oxazole rings is 1. The summed E-state index contributed by atoms with van der Waals surface area (Å²) in [6, 6.07) is 12.2. The SMILES string of the molecule is COCCOc1c(Cl)cccc1NC(=O)CCn1c(=O)oc2ccccc21. The number of aryl methyl sites for hydroxylation is 1. The van der Waals surface area contributed by atoms with Crippen LogP contribution in [-0.4, -0.2) is 30.8 Å². The topological polar surface area (TPSA) is 82.7 Å². The Labute approximate surface area is 160 Å². The second kappa shape index (κ2) is 8.75. The molecule has 1 amide bonds. The molecule has 8 heteroatoms. The van der Waals surface area contributed by atoms with Crippen LogP contribution in [-0.2, 0) is 16.1 Å². The number of carbonyl (C=O) groups excluding carboxylic acids is 1. The Bertz CT molecular complexity index is 995. The number of ether oxygens (including phenoxy) is 2. The molecule has 27 heavy (non-hydrogen) atoms. The van der Waals surface area contributed by atoms with Crippen LogP contribution in [0.2, 0.25) is 5.02 Å². The van der Waals surface area contributed by atoms with Crippen LogP contribution in [0.3, 0.4) is 0 Å². The summed E-state index contributed by atoms with van der Waals surface area (Å²) < 4.78 is 17.1. The molecule has 0 atom stereocenters. The molecule has 0 radical (unpaired) electrons. The van der Waals surface area contributed by atoms with Crippen LogP contribution >= 0.6 is 11.6 Å². The Morgan fingerprint density at radius 1 is 1.19 bits per heavy atom. The number of anilines is 1. The first kappa shape index (κ1) is 19.0. The molecule has 2 aromatic carbocycles. The third kappa shape index (κ3) is 4.50. The highest BCUT2D eigenvalue weighted by molar-refractivity contribution is 6.32. The number of rotatable bonds is 8. The van der Waals surface area contributed by atoms with Crippen LogP contribution in [0.1, 0.15) is 6.42 Å². The van der Waals surface area contributed by atoms with Gasteiger partial charge >= 0.3 is 5.76 Å². The van der Waals surface area contributed by atoms with Crippen molar-refractivity contribution in [3.05, 3.63) is 58.0 Å². The van der Waals surface area contributed by atoms with E-state index in [0.717, 1.165) is 0 Å². The van der Waals surface area contributed by atoms with Gasteiger partial charge in [-0.3, -0.25) is 9.36 Å². The van der Waals surface area contributed by atoms with Crippen molar-refractivity contribution in [2.75, 3.05) is 25.6 Å². The molecule has 0 unspecified atom stereocenters. The van der Waals surface area contributed by atoms with Crippen molar-refractivity contribution in [1.82, 2.24) is 4.57 Å². The molecule has 0 bridgehead atoms. The summed E-state index contributed by atoms with van der Waals surface area (Å²) in [6.45, 7) is 0.900. The number of nitrogens with one attached hydrogen (secondary N) is 1. The van der Waals surface area contributed by atoms with E-state index in [0.29, 0.717) is 40.8 Å². The van der Waals surface area contributed by atoms with E-state index in [9.17, 15) is 9.59 Å². The summed E-state index contributed by atoms with van der Waals surface area (Å²) >= 11 is 6.16. The zero-order chi connectivity index (χ0) is 19.2. The largest absolute Gasteiger partial charge is 0.487 e. The number of methoxy groups -OCH3 is 1. The van der Waals surface area contributed by atoms with Crippen molar-refractivity contribution >= 4 is 34.3 Å². The van der Waals surface area contributed by atoms with Crippen molar-refractivity contribution < 1.29 is 18.7 Å². The van der Waals surface area contributed by atoms with Gasteiger partial charge in [-0.05, 0) is 24.3 Å². The summed E-state index contributed by atoms with van der Waals surface area (Å²) in [4.78, 5) is 24.3. The molecule has 3 aromatic rings. The maximum atomic E-state index is 12.4. The second-order valence-electron chi connectivity index (χ2n) is 5.74. The van der Waals surface area contributed by atoms with Crippen molar-refractivity contribution in [1.29, 1.82) is 0 Å². The fourth-order valence-corrected chi connectivity index (χ4v) is 2.86. The van der Waals surface area contributed by atoms with Gasteiger partial charge in [-0.25, -0.2) is 4.79 Å². The molecule has 0 saturated heterocycles. The lowest BCUT2D eigenvalue weighted by Crippen LogP contribution is -2.20. The molecule has 0 aliphatic rings. The maximum absolute atomic E-state index is 12.4. The number of fused-ring (bicyclic) bond motifs is 1. The number of benzene rings is 2. The van der Waals surface area contributed by atoms with Gasteiger partial charge in [-0.15, -0.1) is 0 Å². The molecule has 0 aliphatic carbocycles. The number of aromatic nitrogens is 1. The minimum Gasteiger partial charge on any atom is -0.487 e. The molecule has 1 heterocycles. The molecule has 0 saturated carbocycles. The van der Waals surface area contributed by atoms with E-state index < -0.39 is 5.76 Å². The van der Waals surface area contributed by atoms with Gasteiger partial charge in [0.1, 0.15) is 6.61 Å². The fourth-order valence-electron chi connectivity index (χ4n) is 2.63. The van der Waals surface area contributed by atoms with Crippen LogP contribution in [0, 0.1) is 0 Å². The van der Waals surface area contributed by atoms with Crippen LogP contribution in [0.15, 0.2) is 51.7 Å². The van der Waals surface area contributed by atoms with E-state index >= 15 is 0 Å². The predicted molar refractivity (Wildman–Crippen MR) is 103 cm³/mol. The third-order valence-electron chi connectivity index (χ3n) is 3.91. The quantitative estimate of drug-likeness (QED) is 0.597. The van der Waals surface area contributed by atoms with E-state index in [2.05, 4.69) is 5.32 Å². The molecule has 7 nitrogen and oxygen atoms in total. The minimum atomic E-state index is -0.490. The number of amides is 1. The maximum Gasteiger partial charge on any atom is 0.419 e. The summed E-state index contributed by atoms with van der Waals surface area (Å²) in [5.74, 6) is -0.378. The number of hydrogen-bond acceptors (Lipinski definition) is 5. The van der Waals surface area contributed by atoms with Gasteiger partial charge in [0.05, 0.1) is 22.8 Å². The van der Waals surface area contributed by atoms with Crippen LogP contribution < -0.4 is 15.8 Å². The summed E-state index contributed by atoms with van der Waals surface area (Å²) in [7, 11) is 1.57. The zero-order valence-corrected chi connectivity index (χ0v) is 15.5. The highest BCUT2D eigenvalue weighted by atomic mass is 35.5. The van der Waals surface area contributed by atoms with Gasteiger partial charge in [-0.2, -0.15) is 0 Å². The Kier molecular flexibility index (Phi) is 6.16. The highest BCUT2D eigenvalue weighted by Gasteiger charge is 2.14. The fraction of sp³-hybridized carbons (Fsp3) is 0.263. The van der Waals surface area contributed by atoms with Crippen LogP contribution in [0.4, 0.5) is 5.69 Å². The number of nitrogens with zero attached hydrogens (tertiary/aromatic N) is 1. The van der Waals surface area contributed by atoms with Crippen molar-refractivity contribution in [2.24, 2.45) is 0 Å². The smallest absolute Gasteiger partial charge is 0.419 e. The first-order valence-electron chi connectivity index (χ1n) is 8.38. The molecule has 0 fully saturated rings. The predicted octanol–water partition coefficient (Wildman–Crippen LogP) is 3.30. The standard InChI is InChI=1S/C19H19ClN2O5/c1-25-11-12-26-18-13(20)5-4-6-14(18)21-17(23)9-10-22-15-7-2-3-8-16(15)27-19(22)24/h2-8H,9-12H2,1H3,(H,21,23). The molecular weight excluding hydrogens is 372 g/mol. The Balaban J connectivity index is 1.68. The lowest BCUT2D eigenvalue weighted by atomic mass is 10.2. The molecule has 1 aromatic heterocycles. The first-order valence-corrected chi connectivity index (χ1v) is 8.76. The molecule has 142 valence electrons. The second-order valence-corrected chi connectivity index (χ2v) is 6.15. The average molecular weight is 391 g/mol. The van der Waals surface area contributed by atoms with Gasteiger partial charge in [0.2, 0.25) is 5.91 Å². The number of halogens is 1. The monoisotopic (exact) mass is 390 g/mol. The van der Waals surface area contributed by atoms with Gasteiger partial charge in [0.15, 0.2) is 11.3 Å². The van der Waals surface area contributed by atoms with Gasteiger partial charge in [-0.1, -0.05) is 29.8 Å². The van der Waals surface area contributed by atoms with Gasteiger partial charge < -0.3 is 19.2 Å². The molecule has 1 N–H and O–H groups in total. The van der Waals surface area contributed by atoms with E-state index in [1.807, 2.05) is 6.07 Å². The molecule has 0 spiro atoms. The summed E-state index contributed by atoms with van der Waals surface area (Å²) in [6.07, 6.45) is 0.0907. The molecule has 3 rings (SSSR count). The normalized spacial score (nSPS) is 10.9. The summed E-state index contributed by atoms with van der Waals surface area (Å²) in [5.41, 5.74) is 1.61. The van der Waals surface area contributed by atoms with Crippen molar-refractivity contribution in [2.45, 2.75) is 13.0 Å². The lowest BCUT2D eigenvalue weighted by molar-refractivity contribution is -0.116. The number of para-hydroxylation sites is 3. The van der Waals surface area contributed by atoms with E-state index in [1.54, 1.807) is 43.5 Å².